The number of amides is 1. The van der Waals surface area contributed by atoms with E-state index >= 15 is 0 Å². The highest BCUT2D eigenvalue weighted by Crippen LogP contribution is 2.35. The fourth-order valence-electron chi connectivity index (χ4n) is 4.26. The number of esters is 1. The third-order valence-electron chi connectivity index (χ3n) is 5.65. The minimum Gasteiger partial charge on any atom is -0.444 e. The summed E-state index contributed by atoms with van der Waals surface area (Å²) in [4.78, 5) is 38.2. The van der Waals surface area contributed by atoms with E-state index in [0.717, 1.165) is 23.1 Å². The Balaban J connectivity index is 1.67. The molecule has 178 valence electrons. The number of hydrogen-bond donors (Lipinski definition) is 1. The lowest BCUT2D eigenvalue weighted by Gasteiger charge is -2.23. The maximum atomic E-state index is 13.4. The lowest BCUT2D eigenvalue weighted by atomic mass is 10.0. The monoisotopic (exact) mass is 463 g/mol. The fourth-order valence-corrected chi connectivity index (χ4v) is 4.26. The van der Waals surface area contributed by atoms with Crippen LogP contribution in [0.15, 0.2) is 51.7 Å². The van der Waals surface area contributed by atoms with Crippen molar-refractivity contribution in [2.45, 2.75) is 65.0 Å². The van der Waals surface area contributed by atoms with Gasteiger partial charge in [-0.3, -0.25) is 0 Å². The average Bonchev–Trinajstić information content (AvgIpc) is 3.22. The zero-order valence-corrected chi connectivity index (χ0v) is 19.9. The molecule has 0 saturated heterocycles. The summed E-state index contributed by atoms with van der Waals surface area (Å²) in [5.41, 5.74) is 2.51. The van der Waals surface area contributed by atoms with Gasteiger partial charge in [0.1, 0.15) is 23.0 Å². The molecule has 1 N–H and O–H groups in total. The molecule has 0 bridgehead atoms. The molecule has 0 spiro atoms. The third-order valence-corrected chi connectivity index (χ3v) is 5.65. The van der Waals surface area contributed by atoms with Gasteiger partial charge in [0.25, 0.3) is 0 Å². The minimum atomic E-state index is -0.975. The Labute approximate surface area is 198 Å². The van der Waals surface area contributed by atoms with Crippen LogP contribution in [0.5, 0.6) is 5.75 Å². The van der Waals surface area contributed by atoms with Gasteiger partial charge in [0, 0.05) is 12.0 Å². The molecule has 1 aliphatic rings. The molecule has 1 unspecified atom stereocenters. The number of hydrogen-bond acceptors (Lipinski definition) is 6. The summed E-state index contributed by atoms with van der Waals surface area (Å²) in [6, 6.07) is 11.9. The smallest absolute Gasteiger partial charge is 0.408 e. The molecule has 34 heavy (non-hydrogen) atoms. The van der Waals surface area contributed by atoms with E-state index in [2.05, 4.69) is 5.32 Å². The molecule has 1 aliphatic carbocycles. The lowest BCUT2D eigenvalue weighted by molar-refractivity contribution is -0.136. The standard InChI is InChI=1S/C27H29NO6/c1-16-13-21-23(18-11-8-12-19(18)24(29)32-21)22(14-16)33-25(30)20(15-17-9-6-5-7-10-17)28-26(31)34-27(2,3)4/h5-7,9-10,13-14,20H,8,11-12,15H2,1-4H3,(H,28,31). The molecule has 0 radical (unpaired) electrons. The molecule has 3 aromatic rings. The first-order valence-corrected chi connectivity index (χ1v) is 11.4. The maximum Gasteiger partial charge on any atom is 0.408 e. The number of ether oxygens (including phenoxy) is 2. The molecule has 0 saturated carbocycles. The van der Waals surface area contributed by atoms with Crippen molar-refractivity contribution >= 4 is 23.0 Å². The number of aryl methyl sites for hydroxylation is 2. The van der Waals surface area contributed by atoms with Crippen LogP contribution in [0.2, 0.25) is 0 Å². The highest BCUT2D eigenvalue weighted by molar-refractivity contribution is 5.92. The van der Waals surface area contributed by atoms with Gasteiger partial charge < -0.3 is 19.2 Å². The van der Waals surface area contributed by atoms with E-state index < -0.39 is 23.7 Å². The normalized spacial score (nSPS) is 13.9. The lowest BCUT2D eigenvalue weighted by Crippen LogP contribution is -2.46. The zero-order valence-electron chi connectivity index (χ0n) is 19.9. The highest BCUT2D eigenvalue weighted by Gasteiger charge is 2.28. The largest absolute Gasteiger partial charge is 0.444 e. The van der Waals surface area contributed by atoms with Gasteiger partial charge >= 0.3 is 17.7 Å². The van der Waals surface area contributed by atoms with Crippen molar-refractivity contribution in [1.29, 1.82) is 0 Å². The Morgan fingerprint density at radius 2 is 1.79 bits per heavy atom. The average molecular weight is 464 g/mol. The van der Waals surface area contributed by atoms with Gasteiger partial charge in [-0.1, -0.05) is 30.3 Å². The highest BCUT2D eigenvalue weighted by atomic mass is 16.6. The number of carbonyl (C=O) groups is 2. The molecule has 0 fully saturated rings. The van der Waals surface area contributed by atoms with Gasteiger partial charge in [0.15, 0.2) is 0 Å². The summed E-state index contributed by atoms with van der Waals surface area (Å²) >= 11 is 0. The van der Waals surface area contributed by atoms with Gasteiger partial charge in [-0.15, -0.1) is 0 Å². The summed E-state index contributed by atoms with van der Waals surface area (Å²) in [6.07, 6.45) is 1.74. The van der Waals surface area contributed by atoms with Gasteiger partial charge in [0.2, 0.25) is 0 Å². The zero-order chi connectivity index (χ0) is 24.5. The second kappa shape index (κ2) is 9.33. The molecule has 4 rings (SSSR count). The van der Waals surface area contributed by atoms with Crippen molar-refractivity contribution in [3.8, 4) is 5.75 Å². The number of alkyl carbamates (subject to hydrolysis) is 1. The molecular weight excluding hydrogens is 434 g/mol. The predicted molar refractivity (Wildman–Crippen MR) is 128 cm³/mol. The summed E-state index contributed by atoms with van der Waals surface area (Å²) in [7, 11) is 0. The summed E-state index contributed by atoms with van der Waals surface area (Å²) < 4.78 is 16.8. The van der Waals surface area contributed by atoms with E-state index in [1.807, 2.05) is 37.3 Å². The first kappa shape index (κ1) is 23.5. The van der Waals surface area contributed by atoms with Crippen LogP contribution in [0.3, 0.4) is 0 Å². The van der Waals surface area contributed by atoms with E-state index in [9.17, 15) is 14.4 Å². The second-order valence-electron chi connectivity index (χ2n) is 9.65. The van der Waals surface area contributed by atoms with E-state index in [0.29, 0.717) is 35.1 Å². The van der Waals surface area contributed by atoms with E-state index in [4.69, 9.17) is 13.9 Å². The van der Waals surface area contributed by atoms with Gasteiger partial charge in [-0.2, -0.15) is 0 Å². The Kier molecular flexibility index (Phi) is 6.46. The van der Waals surface area contributed by atoms with Gasteiger partial charge in [-0.25, -0.2) is 14.4 Å². The molecule has 1 amide bonds. The van der Waals surface area contributed by atoms with Crippen LogP contribution in [0.1, 0.15) is 49.4 Å². The number of fused-ring (bicyclic) bond motifs is 3. The van der Waals surface area contributed by atoms with Crippen LogP contribution in [-0.4, -0.2) is 23.7 Å². The van der Waals surface area contributed by atoms with Crippen LogP contribution in [0.4, 0.5) is 4.79 Å². The Hall–Kier alpha value is -3.61. The second-order valence-corrected chi connectivity index (χ2v) is 9.65. The van der Waals surface area contributed by atoms with Crippen LogP contribution in [0, 0.1) is 6.92 Å². The predicted octanol–water partition coefficient (Wildman–Crippen LogP) is 4.63. The van der Waals surface area contributed by atoms with Gasteiger partial charge in [-0.05, 0) is 75.8 Å². The Morgan fingerprint density at radius 3 is 2.50 bits per heavy atom. The van der Waals surface area contributed by atoms with Crippen LogP contribution in [0.25, 0.3) is 11.0 Å². The van der Waals surface area contributed by atoms with E-state index in [-0.39, 0.29) is 12.0 Å². The van der Waals surface area contributed by atoms with Crippen molar-refractivity contribution in [3.05, 3.63) is 75.1 Å². The molecule has 1 aromatic heterocycles. The Bertz CT molecular complexity index is 1290. The van der Waals surface area contributed by atoms with Crippen LogP contribution in [-0.2, 0) is 28.8 Å². The first-order valence-electron chi connectivity index (χ1n) is 11.4. The third kappa shape index (κ3) is 5.30. The fraction of sp³-hybridized carbons (Fsp3) is 0.370. The summed E-state index contributed by atoms with van der Waals surface area (Å²) in [5.74, 6) is -0.300. The summed E-state index contributed by atoms with van der Waals surface area (Å²) in [5, 5.41) is 3.30. The van der Waals surface area contributed by atoms with Crippen molar-refractivity contribution in [2.24, 2.45) is 0 Å². The van der Waals surface area contributed by atoms with Crippen LogP contribution < -0.4 is 15.7 Å². The van der Waals surface area contributed by atoms with Crippen LogP contribution >= 0.6 is 0 Å². The molecule has 1 heterocycles. The molecule has 1 atom stereocenters. The summed E-state index contributed by atoms with van der Waals surface area (Å²) in [6.45, 7) is 7.10. The molecule has 7 heteroatoms. The SMILES string of the molecule is Cc1cc(OC(=O)C(Cc2ccccc2)NC(=O)OC(C)(C)C)c2c3c(c(=O)oc2c1)CCC3. The van der Waals surface area contributed by atoms with Crippen molar-refractivity contribution < 1.29 is 23.5 Å². The quantitative estimate of drug-likeness (QED) is 0.337. The molecule has 2 aromatic carbocycles. The molecular formula is C27H29NO6. The topological polar surface area (TPSA) is 94.8 Å². The van der Waals surface area contributed by atoms with Crippen molar-refractivity contribution in [2.75, 3.05) is 0 Å². The first-order chi connectivity index (χ1) is 16.1. The van der Waals surface area contributed by atoms with E-state index in [1.165, 1.54) is 0 Å². The minimum absolute atomic E-state index is 0.232. The number of benzene rings is 2. The number of carbonyl (C=O) groups excluding carboxylic acids is 2. The van der Waals surface area contributed by atoms with Crippen molar-refractivity contribution in [1.82, 2.24) is 5.32 Å². The number of rotatable bonds is 5. The number of nitrogens with one attached hydrogen (secondary N) is 1. The molecule has 7 nitrogen and oxygen atoms in total. The molecule has 0 aliphatic heterocycles. The van der Waals surface area contributed by atoms with Crippen molar-refractivity contribution in [3.63, 3.8) is 0 Å². The van der Waals surface area contributed by atoms with E-state index in [1.54, 1.807) is 32.9 Å². The maximum absolute atomic E-state index is 13.4. The Morgan fingerprint density at radius 1 is 1.09 bits per heavy atom. The van der Waals surface area contributed by atoms with Gasteiger partial charge in [0.05, 0.1) is 5.39 Å².